The number of nitrogens with one attached hydrogen (secondary N) is 1. The van der Waals surface area contributed by atoms with Crippen LogP contribution >= 0.6 is 0 Å². The van der Waals surface area contributed by atoms with Gasteiger partial charge in [0.1, 0.15) is 6.54 Å². The second kappa shape index (κ2) is 6.17. The number of amides is 1. The Morgan fingerprint density at radius 3 is 2.76 bits per heavy atom. The maximum atomic E-state index is 12.0. The molecule has 0 bridgehead atoms. The van der Waals surface area contributed by atoms with Gasteiger partial charge in [0.15, 0.2) is 0 Å². The third-order valence-corrected chi connectivity index (χ3v) is 2.98. The number of carboxylic acid groups (broad SMARTS) is 1. The summed E-state index contributed by atoms with van der Waals surface area (Å²) in [5.74, 6) is -1.27. The number of anilines is 1. The monoisotopic (exact) mass is 288 g/mol. The number of benzene rings is 1. The summed E-state index contributed by atoms with van der Waals surface area (Å²) in [6.07, 6.45) is 1.13. The molecule has 0 aliphatic heterocycles. The minimum atomic E-state index is -0.992. The van der Waals surface area contributed by atoms with Crippen LogP contribution in [0.3, 0.4) is 0 Å². The summed E-state index contributed by atoms with van der Waals surface area (Å²) >= 11 is 0. The lowest BCUT2D eigenvalue weighted by Crippen LogP contribution is -2.22. The second-order valence-electron chi connectivity index (χ2n) is 4.82. The molecule has 110 valence electrons. The number of carbonyl (C=O) groups excluding carboxylic acids is 1. The molecule has 1 amide bonds. The quantitative estimate of drug-likeness (QED) is 0.860. The molecule has 1 aromatic carbocycles. The highest BCUT2D eigenvalue weighted by atomic mass is 16.4. The Hall–Kier alpha value is -2.70. The minimum absolute atomic E-state index is 0.0735. The van der Waals surface area contributed by atoms with Crippen LogP contribution in [0.4, 0.5) is 5.69 Å². The van der Waals surface area contributed by atoms with Gasteiger partial charge in [-0.1, -0.05) is 22.9 Å². The first-order valence-corrected chi connectivity index (χ1v) is 6.42. The standard InChI is InChI=1S/C14H16N4O3/c1-9-3-4-12(10(2)5-9)16-13(19)8-18-11(6-14(20)21)7-15-17-18/h3-5,7H,6,8H2,1-2H3,(H,16,19)(H,20,21). The molecule has 7 nitrogen and oxygen atoms in total. The Kier molecular flexibility index (Phi) is 4.32. The molecule has 0 atom stereocenters. The number of carboxylic acids is 1. The van der Waals surface area contributed by atoms with E-state index in [0.29, 0.717) is 5.69 Å². The summed E-state index contributed by atoms with van der Waals surface area (Å²) in [5, 5.41) is 18.9. The molecule has 1 aromatic heterocycles. The minimum Gasteiger partial charge on any atom is -0.481 e. The molecule has 2 N–H and O–H groups in total. The van der Waals surface area contributed by atoms with E-state index in [-0.39, 0.29) is 18.9 Å². The number of hydrogen-bond acceptors (Lipinski definition) is 4. The van der Waals surface area contributed by atoms with Crippen LogP contribution in [-0.4, -0.2) is 32.0 Å². The zero-order valence-electron chi connectivity index (χ0n) is 11.8. The van der Waals surface area contributed by atoms with Crippen molar-refractivity contribution in [3.05, 3.63) is 41.2 Å². The summed E-state index contributed by atoms with van der Waals surface area (Å²) in [6, 6.07) is 5.72. The van der Waals surface area contributed by atoms with Crippen LogP contribution in [0.5, 0.6) is 0 Å². The first-order chi connectivity index (χ1) is 9.95. The molecule has 0 saturated heterocycles. The molecular weight excluding hydrogens is 272 g/mol. The zero-order valence-corrected chi connectivity index (χ0v) is 11.8. The van der Waals surface area contributed by atoms with Gasteiger partial charge in [0.25, 0.3) is 0 Å². The van der Waals surface area contributed by atoms with Crippen LogP contribution in [0, 0.1) is 13.8 Å². The van der Waals surface area contributed by atoms with E-state index in [1.165, 1.54) is 10.9 Å². The van der Waals surface area contributed by atoms with Crippen LogP contribution in [-0.2, 0) is 22.6 Å². The summed E-state index contributed by atoms with van der Waals surface area (Å²) in [6.45, 7) is 3.82. The molecule has 0 radical (unpaired) electrons. The molecule has 0 aliphatic rings. The fourth-order valence-electron chi connectivity index (χ4n) is 1.98. The number of hydrogen-bond donors (Lipinski definition) is 2. The molecule has 0 fully saturated rings. The van der Waals surface area contributed by atoms with E-state index in [0.717, 1.165) is 16.8 Å². The van der Waals surface area contributed by atoms with E-state index < -0.39 is 5.97 Å². The van der Waals surface area contributed by atoms with Gasteiger partial charge in [0, 0.05) is 5.69 Å². The largest absolute Gasteiger partial charge is 0.481 e. The van der Waals surface area contributed by atoms with Crippen LogP contribution in [0.1, 0.15) is 16.8 Å². The molecule has 0 aliphatic carbocycles. The molecule has 1 heterocycles. The topological polar surface area (TPSA) is 97.1 Å². The number of rotatable bonds is 5. The van der Waals surface area contributed by atoms with Crippen molar-refractivity contribution in [2.75, 3.05) is 5.32 Å². The third-order valence-electron chi connectivity index (χ3n) is 2.98. The lowest BCUT2D eigenvalue weighted by molar-refractivity contribution is -0.136. The molecule has 0 unspecified atom stereocenters. The van der Waals surface area contributed by atoms with Crippen molar-refractivity contribution in [3.8, 4) is 0 Å². The first-order valence-electron chi connectivity index (χ1n) is 6.42. The van der Waals surface area contributed by atoms with E-state index in [2.05, 4.69) is 15.6 Å². The van der Waals surface area contributed by atoms with Gasteiger partial charge in [-0.05, 0) is 25.5 Å². The van der Waals surface area contributed by atoms with Crippen molar-refractivity contribution in [2.45, 2.75) is 26.8 Å². The Balaban J connectivity index is 2.05. The molecular formula is C14H16N4O3. The van der Waals surface area contributed by atoms with Gasteiger partial charge < -0.3 is 10.4 Å². The predicted molar refractivity (Wildman–Crippen MR) is 75.9 cm³/mol. The zero-order chi connectivity index (χ0) is 15.4. The normalized spacial score (nSPS) is 10.4. The molecule has 0 spiro atoms. The van der Waals surface area contributed by atoms with Crippen molar-refractivity contribution in [1.82, 2.24) is 15.0 Å². The van der Waals surface area contributed by atoms with E-state index >= 15 is 0 Å². The fraction of sp³-hybridized carbons (Fsp3) is 0.286. The maximum Gasteiger partial charge on any atom is 0.309 e. The van der Waals surface area contributed by atoms with Crippen LogP contribution < -0.4 is 5.32 Å². The average molecular weight is 288 g/mol. The number of aryl methyl sites for hydroxylation is 2. The van der Waals surface area contributed by atoms with Gasteiger partial charge in [0.2, 0.25) is 5.91 Å². The van der Waals surface area contributed by atoms with Gasteiger partial charge >= 0.3 is 5.97 Å². The lowest BCUT2D eigenvalue weighted by Gasteiger charge is -2.10. The SMILES string of the molecule is Cc1ccc(NC(=O)Cn2nncc2CC(=O)O)c(C)c1. The molecule has 7 heteroatoms. The van der Waals surface area contributed by atoms with Crippen molar-refractivity contribution in [2.24, 2.45) is 0 Å². The second-order valence-corrected chi connectivity index (χ2v) is 4.82. The van der Waals surface area contributed by atoms with E-state index in [9.17, 15) is 9.59 Å². The van der Waals surface area contributed by atoms with Crippen LogP contribution in [0.25, 0.3) is 0 Å². The average Bonchev–Trinajstić information content (AvgIpc) is 2.79. The lowest BCUT2D eigenvalue weighted by atomic mass is 10.1. The van der Waals surface area contributed by atoms with Crippen LogP contribution in [0.2, 0.25) is 0 Å². The van der Waals surface area contributed by atoms with Gasteiger partial charge in [-0.15, -0.1) is 5.10 Å². The summed E-state index contributed by atoms with van der Waals surface area (Å²) < 4.78 is 1.28. The highest BCUT2D eigenvalue weighted by Gasteiger charge is 2.12. The maximum absolute atomic E-state index is 12.0. The van der Waals surface area contributed by atoms with Crippen molar-refractivity contribution < 1.29 is 14.7 Å². The van der Waals surface area contributed by atoms with Crippen molar-refractivity contribution in [3.63, 3.8) is 0 Å². The fourth-order valence-corrected chi connectivity index (χ4v) is 1.98. The molecule has 2 rings (SSSR count). The van der Waals surface area contributed by atoms with Gasteiger partial charge in [-0.25, -0.2) is 4.68 Å². The summed E-state index contributed by atoms with van der Waals surface area (Å²) in [5.41, 5.74) is 3.20. The number of aliphatic carboxylic acids is 1. The van der Waals surface area contributed by atoms with Gasteiger partial charge in [0.05, 0.1) is 18.3 Å². The Bertz CT molecular complexity index is 679. The summed E-state index contributed by atoms with van der Waals surface area (Å²) in [7, 11) is 0. The highest BCUT2D eigenvalue weighted by molar-refractivity contribution is 5.91. The molecule has 0 saturated carbocycles. The number of carbonyl (C=O) groups is 2. The van der Waals surface area contributed by atoms with E-state index in [1.807, 2.05) is 32.0 Å². The Morgan fingerprint density at radius 2 is 2.10 bits per heavy atom. The third kappa shape index (κ3) is 3.88. The first kappa shape index (κ1) is 14.7. The molecule has 2 aromatic rings. The van der Waals surface area contributed by atoms with E-state index in [4.69, 9.17) is 5.11 Å². The van der Waals surface area contributed by atoms with E-state index in [1.54, 1.807) is 0 Å². The van der Waals surface area contributed by atoms with Gasteiger partial charge in [-0.2, -0.15) is 0 Å². The Labute approximate surface area is 121 Å². The summed E-state index contributed by atoms with van der Waals surface area (Å²) in [4.78, 5) is 22.7. The van der Waals surface area contributed by atoms with Crippen LogP contribution in [0.15, 0.2) is 24.4 Å². The van der Waals surface area contributed by atoms with Crippen molar-refractivity contribution in [1.29, 1.82) is 0 Å². The van der Waals surface area contributed by atoms with Gasteiger partial charge in [-0.3, -0.25) is 9.59 Å². The number of aromatic nitrogens is 3. The molecule has 21 heavy (non-hydrogen) atoms. The smallest absolute Gasteiger partial charge is 0.309 e. The van der Waals surface area contributed by atoms with Crippen molar-refractivity contribution >= 4 is 17.6 Å². The number of nitrogens with zero attached hydrogens (tertiary/aromatic N) is 3. The highest BCUT2D eigenvalue weighted by Crippen LogP contribution is 2.16. The Morgan fingerprint density at radius 1 is 1.33 bits per heavy atom. The predicted octanol–water partition coefficient (Wildman–Crippen LogP) is 1.16.